The maximum Gasteiger partial charge on any atom is 0.387 e. The fourth-order valence-corrected chi connectivity index (χ4v) is 1.19. The van der Waals surface area contributed by atoms with Gasteiger partial charge >= 0.3 is 6.61 Å². The van der Waals surface area contributed by atoms with Crippen LogP contribution in [0.15, 0.2) is 12.1 Å². The normalized spacial score (nSPS) is 10.2. The Morgan fingerprint density at radius 2 is 2.12 bits per heavy atom. The zero-order valence-corrected chi connectivity index (χ0v) is 8.15. The van der Waals surface area contributed by atoms with E-state index in [9.17, 15) is 23.7 Å². The minimum atomic E-state index is -3.14. The first-order valence-corrected chi connectivity index (χ1v) is 4.14. The number of hydrogen-bond donors (Lipinski definition) is 0. The summed E-state index contributed by atoms with van der Waals surface area (Å²) in [7, 11) is 0. The van der Waals surface area contributed by atoms with Crippen molar-refractivity contribution in [2.75, 3.05) is 0 Å². The van der Waals surface area contributed by atoms with Gasteiger partial charge in [-0.25, -0.2) is 0 Å². The zero-order chi connectivity index (χ0) is 12.3. The second-order valence-corrected chi connectivity index (χ2v) is 2.93. The maximum absolute atomic E-state index is 12.0. The molecule has 16 heavy (non-hydrogen) atoms. The number of carbonyl (C=O) groups excluding carboxylic acids is 1. The molecule has 0 N–H and O–H groups in total. The van der Waals surface area contributed by atoms with E-state index < -0.39 is 17.3 Å². The van der Waals surface area contributed by atoms with E-state index in [4.69, 9.17) is 0 Å². The number of ether oxygens (including phenoxy) is 1. The number of hydrogen-bond acceptors (Lipinski definition) is 4. The lowest BCUT2D eigenvalue weighted by Crippen LogP contribution is -2.05. The second kappa shape index (κ2) is 4.65. The zero-order valence-electron chi connectivity index (χ0n) is 8.15. The van der Waals surface area contributed by atoms with Gasteiger partial charge in [-0.15, -0.1) is 0 Å². The highest BCUT2D eigenvalue weighted by Gasteiger charge is 2.18. The van der Waals surface area contributed by atoms with Gasteiger partial charge in [-0.2, -0.15) is 8.78 Å². The van der Waals surface area contributed by atoms with Crippen molar-refractivity contribution in [1.82, 2.24) is 0 Å². The number of halogens is 2. The number of nitro benzene ring substituents is 1. The Hall–Kier alpha value is -2.05. The van der Waals surface area contributed by atoms with Crippen LogP contribution in [0.4, 0.5) is 14.5 Å². The summed E-state index contributed by atoms with van der Waals surface area (Å²) in [4.78, 5) is 20.3. The first-order valence-electron chi connectivity index (χ1n) is 4.14. The molecule has 1 aromatic carbocycles. The van der Waals surface area contributed by atoms with Crippen LogP contribution in [-0.4, -0.2) is 17.8 Å². The van der Waals surface area contributed by atoms with Crippen LogP contribution in [-0.2, 0) is 0 Å². The molecule has 5 nitrogen and oxygen atoms in total. The smallest absolute Gasteiger partial charge is 0.387 e. The van der Waals surface area contributed by atoms with E-state index in [0.29, 0.717) is 6.29 Å². The highest BCUT2D eigenvalue weighted by Crippen LogP contribution is 2.28. The van der Waals surface area contributed by atoms with Crippen molar-refractivity contribution in [2.24, 2.45) is 0 Å². The van der Waals surface area contributed by atoms with E-state index in [1.54, 1.807) is 0 Å². The molecule has 0 amide bonds. The molecule has 7 heteroatoms. The Kier molecular flexibility index (Phi) is 3.49. The highest BCUT2D eigenvalue weighted by molar-refractivity contribution is 5.81. The SMILES string of the molecule is Cc1cc(C=O)c(OC(F)F)cc1[N+](=O)[O-]. The lowest BCUT2D eigenvalue weighted by atomic mass is 10.1. The molecule has 0 aromatic heterocycles. The van der Waals surface area contributed by atoms with Crippen LogP contribution in [0.3, 0.4) is 0 Å². The average molecular weight is 231 g/mol. The van der Waals surface area contributed by atoms with Gasteiger partial charge in [0, 0.05) is 5.56 Å². The molecule has 0 aliphatic heterocycles. The van der Waals surface area contributed by atoms with Crippen molar-refractivity contribution in [3.63, 3.8) is 0 Å². The summed E-state index contributed by atoms with van der Waals surface area (Å²) in [6, 6.07) is 1.94. The first kappa shape index (κ1) is 12.0. The third-order valence-electron chi connectivity index (χ3n) is 1.87. The molecular formula is C9H7F2NO4. The molecule has 1 aromatic rings. The van der Waals surface area contributed by atoms with E-state index in [1.165, 1.54) is 6.92 Å². The van der Waals surface area contributed by atoms with Crippen LogP contribution in [0.1, 0.15) is 15.9 Å². The van der Waals surface area contributed by atoms with Gasteiger partial charge < -0.3 is 4.74 Å². The van der Waals surface area contributed by atoms with Gasteiger partial charge in [0.1, 0.15) is 5.75 Å². The Labute approximate surface area is 88.8 Å². The summed E-state index contributed by atoms with van der Waals surface area (Å²) < 4.78 is 27.9. The molecule has 0 heterocycles. The van der Waals surface area contributed by atoms with Crippen LogP contribution in [0, 0.1) is 17.0 Å². The lowest BCUT2D eigenvalue weighted by Gasteiger charge is -2.07. The van der Waals surface area contributed by atoms with Gasteiger partial charge in [0.05, 0.1) is 16.6 Å². The number of alkyl halides is 2. The predicted molar refractivity (Wildman–Crippen MR) is 49.9 cm³/mol. The summed E-state index contributed by atoms with van der Waals surface area (Å²) in [5, 5.41) is 10.5. The quantitative estimate of drug-likeness (QED) is 0.453. The van der Waals surface area contributed by atoms with Crippen molar-refractivity contribution in [1.29, 1.82) is 0 Å². The van der Waals surface area contributed by atoms with E-state index in [2.05, 4.69) is 4.74 Å². The standard InChI is InChI=1S/C9H7F2NO4/c1-5-2-6(4-13)8(16-9(10)11)3-7(5)12(14)15/h2-4,9H,1H3. The van der Waals surface area contributed by atoms with Crippen molar-refractivity contribution >= 4 is 12.0 Å². The van der Waals surface area contributed by atoms with Gasteiger partial charge in [-0.3, -0.25) is 14.9 Å². The van der Waals surface area contributed by atoms with E-state index in [0.717, 1.165) is 12.1 Å². The Bertz CT molecular complexity index is 434. The third kappa shape index (κ3) is 2.50. The molecule has 1 rings (SSSR count). The summed E-state index contributed by atoms with van der Waals surface area (Å²) >= 11 is 0. The van der Waals surface area contributed by atoms with Crippen LogP contribution in [0.25, 0.3) is 0 Å². The highest BCUT2D eigenvalue weighted by atomic mass is 19.3. The topological polar surface area (TPSA) is 69.4 Å². The number of aryl methyl sites for hydroxylation is 1. The molecule has 0 saturated heterocycles. The predicted octanol–water partition coefficient (Wildman–Crippen LogP) is 2.32. The minimum Gasteiger partial charge on any atom is -0.434 e. The fourth-order valence-electron chi connectivity index (χ4n) is 1.19. The summed E-state index contributed by atoms with van der Waals surface area (Å²) in [6.07, 6.45) is 0.300. The molecule has 0 saturated carbocycles. The van der Waals surface area contributed by atoms with Crippen molar-refractivity contribution in [2.45, 2.75) is 13.5 Å². The average Bonchev–Trinajstić information content (AvgIpc) is 2.18. The summed E-state index contributed by atoms with van der Waals surface area (Å²) in [5.41, 5.74) is -0.321. The molecule has 0 atom stereocenters. The van der Waals surface area contributed by atoms with E-state index in [-0.39, 0.29) is 16.8 Å². The van der Waals surface area contributed by atoms with Crippen LogP contribution in [0.2, 0.25) is 0 Å². The fraction of sp³-hybridized carbons (Fsp3) is 0.222. The number of nitrogens with zero attached hydrogens (tertiary/aromatic N) is 1. The first-order chi connectivity index (χ1) is 7.45. The Morgan fingerprint density at radius 1 is 1.50 bits per heavy atom. The Balaban J connectivity index is 3.28. The Morgan fingerprint density at radius 3 is 2.56 bits per heavy atom. The number of nitro groups is 1. The van der Waals surface area contributed by atoms with Crippen molar-refractivity contribution in [3.8, 4) is 5.75 Å². The monoisotopic (exact) mass is 231 g/mol. The molecular weight excluding hydrogens is 224 g/mol. The molecule has 86 valence electrons. The van der Waals surface area contributed by atoms with Gasteiger partial charge in [-0.05, 0) is 13.0 Å². The third-order valence-corrected chi connectivity index (χ3v) is 1.87. The summed E-state index contributed by atoms with van der Waals surface area (Å²) in [5.74, 6) is -0.498. The van der Waals surface area contributed by atoms with Gasteiger partial charge in [0.2, 0.25) is 0 Å². The van der Waals surface area contributed by atoms with Crippen LogP contribution >= 0.6 is 0 Å². The summed E-state index contributed by atoms with van der Waals surface area (Å²) in [6.45, 7) is -1.74. The second-order valence-electron chi connectivity index (χ2n) is 2.93. The van der Waals surface area contributed by atoms with Crippen molar-refractivity contribution < 1.29 is 23.2 Å². The van der Waals surface area contributed by atoms with Gasteiger partial charge in [0.15, 0.2) is 6.29 Å². The van der Waals surface area contributed by atoms with Gasteiger partial charge in [0.25, 0.3) is 5.69 Å². The van der Waals surface area contributed by atoms with Crippen molar-refractivity contribution in [3.05, 3.63) is 33.4 Å². The number of benzene rings is 1. The van der Waals surface area contributed by atoms with E-state index >= 15 is 0 Å². The number of carbonyl (C=O) groups is 1. The molecule has 0 aliphatic rings. The molecule has 0 bridgehead atoms. The molecule has 0 unspecified atom stereocenters. The molecule has 0 spiro atoms. The largest absolute Gasteiger partial charge is 0.434 e. The minimum absolute atomic E-state index is 0.150. The number of rotatable bonds is 4. The molecule has 0 radical (unpaired) electrons. The lowest BCUT2D eigenvalue weighted by molar-refractivity contribution is -0.385. The van der Waals surface area contributed by atoms with Crippen LogP contribution in [0.5, 0.6) is 5.75 Å². The van der Waals surface area contributed by atoms with Crippen LogP contribution < -0.4 is 4.74 Å². The molecule has 0 fully saturated rings. The maximum atomic E-state index is 12.0. The van der Waals surface area contributed by atoms with E-state index in [1.807, 2.05) is 0 Å². The number of aldehydes is 1. The van der Waals surface area contributed by atoms with Gasteiger partial charge in [-0.1, -0.05) is 0 Å². The molecule has 0 aliphatic carbocycles.